The second kappa shape index (κ2) is 7.91. The molecule has 158 valence electrons. The van der Waals surface area contributed by atoms with Crippen LogP contribution in [0.3, 0.4) is 0 Å². The van der Waals surface area contributed by atoms with Gasteiger partial charge in [-0.1, -0.05) is 5.16 Å². The van der Waals surface area contributed by atoms with Crippen molar-refractivity contribution in [3.05, 3.63) is 23.3 Å². The van der Waals surface area contributed by atoms with Gasteiger partial charge in [0.2, 0.25) is 10.0 Å². The number of piperazine rings is 1. The Labute approximate surface area is 171 Å². The summed E-state index contributed by atoms with van der Waals surface area (Å²) in [5.41, 5.74) is 0.405. The third kappa shape index (κ3) is 3.95. The Morgan fingerprint density at radius 1 is 0.862 bits per heavy atom. The molecule has 2 saturated heterocycles. The van der Waals surface area contributed by atoms with Gasteiger partial charge in [-0.3, -0.25) is 0 Å². The topological polar surface area (TPSA) is 95.7 Å². The largest absolute Gasteiger partial charge is 0.360 e. The molecule has 0 radical (unpaired) electrons. The number of rotatable bonds is 4. The van der Waals surface area contributed by atoms with Crippen molar-refractivity contribution < 1.29 is 12.9 Å². The Bertz CT molecular complexity index is 956. The molecule has 0 atom stereocenters. The predicted molar refractivity (Wildman–Crippen MR) is 110 cm³/mol. The summed E-state index contributed by atoms with van der Waals surface area (Å²) in [5, 5.41) is 3.79. The Kier molecular flexibility index (Phi) is 5.48. The quantitative estimate of drug-likeness (QED) is 0.740. The number of sulfonamides is 1. The molecule has 2 fully saturated rings. The maximum absolute atomic E-state index is 13.0. The fourth-order valence-electron chi connectivity index (χ4n) is 4.11. The average molecular weight is 421 g/mol. The summed E-state index contributed by atoms with van der Waals surface area (Å²) in [6, 6.07) is 2.04. The van der Waals surface area contributed by atoms with E-state index in [4.69, 9.17) is 4.52 Å². The Hall–Kier alpha value is -2.20. The number of aromatic nitrogens is 3. The third-order valence-electron chi connectivity index (χ3n) is 5.62. The van der Waals surface area contributed by atoms with Crippen LogP contribution in [0, 0.1) is 20.8 Å². The van der Waals surface area contributed by atoms with E-state index in [0.29, 0.717) is 37.6 Å². The molecule has 0 N–H and O–H groups in total. The smallest absolute Gasteiger partial charge is 0.248 e. The SMILES string of the molecule is Cc1nc(N2CCCCC2)cc(N2CCN(S(=O)(=O)c3c(C)noc3C)CC2)n1. The van der Waals surface area contributed by atoms with Crippen LogP contribution in [0.4, 0.5) is 11.6 Å². The maximum atomic E-state index is 13.0. The van der Waals surface area contributed by atoms with Gasteiger partial charge >= 0.3 is 0 Å². The fourth-order valence-corrected chi connectivity index (χ4v) is 5.83. The van der Waals surface area contributed by atoms with Gasteiger partial charge in [-0.25, -0.2) is 18.4 Å². The van der Waals surface area contributed by atoms with Crippen molar-refractivity contribution in [3.8, 4) is 0 Å². The van der Waals surface area contributed by atoms with E-state index < -0.39 is 10.0 Å². The van der Waals surface area contributed by atoms with E-state index in [-0.39, 0.29) is 4.90 Å². The van der Waals surface area contributed by atoms with Gasteiger partial charge in [-0.2, -0.15) is 4.31 Å². The molecular formula is C19H28N6O3S. The highest BCUT2D eigenvalue weighted by Crippen LogP contribution is 2.27. The zero-order valence-corrected chi connectivity index (χ0v) is 18.1. The van der Waals surface area contributed by atoms with Crippen molar-refractivity contribution in [1.29, 1.82) is 0 Å². The van der Waals surface area contributed by atoms with E-state index in [1.165, 1.54) is 23.6 Å². The van der Waals surface area contributed by atoms with E-state index in [0.717, 1.165) is 30.5 Å². The van der Waals surface area contributed by atoms with Gasteiger partial charge in [-0.15, -0.1) is 0 Å². The van der Waals surface area contributed by atoms with Crippen molar-refractivity contribution in [1.82, 2.24) is 19.4 Å². The lowest BCUT2D eigenvalue weighted by atomic mass is 10.1. The second-order valence-electron chi connectivity index (χ2n) is 7.72. The summed E-state index contributed by atoms with van der Waals surface area (Å²) < 4.78 is 32.6. The van der Waals surface area contributed by atoms with Crippen LogP contribution in [0.25, 0.3) is 0 Å². The van der Waals surface area contributed by atoms with Gasteiger partial charge in [0.25, 0.3) is 0 Å². The summed E-state index contributed by atoms with van der Waals surface area (Å²) in [6.45, 7) is 9.22. The first-order valence-corrected chi connectivity index (χ1v) is 11.6. The van der Waals surface area contributed by atoms with Gasteiger partial charge in [0.15, 0.2) is 5.76 Å². The molecule has 2 aromatic heterocycles. The first kappa shape index (κ1) is 20.1. The lowest BCUT2D eigenvalue weighted by Crippen LogP contribution is -2.49. The first-order valence-electron chi connectivity index (χ1n) is 10.1. The molecule has 0 unspecified atom stereocenters. The summed E-state index contributed by atoms with van der Waals surface area (Å²) in [4.78, 5) is 13.9. The van der Waals surface area contributed by atoms with Crippen LogP contribution in [0.5, 0.6) is 0 Å². The summed E-state index contributed by atoms with van der Waals surface area (Å²) >= 11 is 0. The summed E-state index contributed by atoms with van der Waals surface area (Å²) in [5.74, 6) is 2.92. The van der Waals surface area contributed by atoms with E-state index in [2.05, 4.69) is 24.9 Å². The van der Waals surface area contributed by atoms with Crippen LogP contribution < -0.4 is 9.80 Å². The van der Waals surface area contributed by atoms with E-state index in [9.17, 15) is 8.42 Å². The van der Waals surface area contributed by atoms with Crippen LogP contribution in [0.1, 0.15) is 36.5 Å². The number of anilines is 2. The number of nitrogens with zero attached hydrogens (tertiary/aromatic N) is 6. The second-order valence-corrected chi connectivity index (χ2v) is 9.60. The van der Waals surface area contributed by atoms with Crippen molar-refractivity contribution in [2.24, 2.45) is 0 Å². The van der Waals surface area contributed by atoms with Gasteiger partial charge in [0.1, 0.15) is 28.0 Å². The van der Waals surface area contributed by atoms with Gasteiger partial charge < -0.3 is 14.3 Å². The van der Waals surface area contributed by atoms with Gasteiger partial charge in [0, 0.05) is 45.3 Å². The molecule has 0 amide bonds. The third-order valence-corrected chi connectivity index (χ3v) is 7.76. The maximum Gasteiger partial charge on any atom is 0.248 e. The van der Waals surface area contributed by atoms with Crippen LogP contribution in [-0.2, 0) is 10.0 Å². The van der Waals surface area contributed by atoms with Crippen molar-refractivity contribution in [2.45, 2.75) is 44.9 Å². The summed E-state index contributed by atoms with van der Waals surface area (Å²) in [6.07, 6.45) is 3.65. The van der Waals surface area contributed by atoms with Crippen LogP contribution in [-0.4, -0.2) is 67.1 Å². The normalized spacial score (nSPS) is 19.0. The minimum atomic E-state index is -3.61. The minimum Gasteiger partial charge on any atom is -0.360 e. The lowest BCUT2D eigenvalue weighted by molar-refractivity contribution is 0.377. The van der Waals surface area contributed by atoms with E-state index in [1.54, 1.807) is 13.8 Å². The minimum absolute atomic E-state index is 0.191. The Balaban J connectivity index is 1.49. The molecule has 0 saturated carbocycles. The summed E-state index contributed by atoms with van der Waals surface area (Å²) in [7, 11) is -3.61. The number of aryl methyl sites for hydroxylation is 3. The molecule has 0 aromatic carbocycles. The first-order chi connectivity index (χ1) is 13.9. The zero-order valence-electron chi connectivity index (χ0n) is 17.3. The molecule has 0 aliphatic carbocycles. The molecule has 4 rings (SSSR count). The van der Waals surface area contributed by atoms with Crippen LogP contribution >= 0.6 is 0 Å². The molecule has 10 heteroatoms. The highest BCUT2D eigenvalue weighted by Gasteiger charge is 2.33. The molecule has 0 spiro atoms. The molecule has 2 aliphatic rings. The van der Waals surface area contributed by atoms with E-state index >= 15 is 0 Å². The highest BCUT2D eigenvalue weighted by atomic mass is 32.2. The number of hydrogen-bond donors (Lipinski definition) is 0. The van der Waals surface area contributed by atoms with Gasteiger partial charge in [-0.05, 0) is 40.0 Å². The highest BCUT2D eigenvalue weighted by molar-refractivity contribution is 7.89. The standard InChI is InChI=1S/C19H28N6O3S/c1-14-19(15(2)28-22-14)29(26,27)25-11-9-24(10-12-25)18-13-17(20-16(3)21-18)23-7-5-4-6-8-23/h13H,4-12H2,1-3H3. The van der Waals surface area contributed by atoms with Crippen molar-refractivity contribution in [3.63, 3.8) is 0 Å². The van der Waals surface area contributed by atoms with Crippen LogP contribution in [0.2, 0.25) is 0 Å². The fraction of sp³-hybridized carbons (Fsp3) is 0.632. The van der Waals surface area contributed by atoms with Crippen molar-refractivity contribution in [2.75, 3.05) is 49.1 Å². The zero-order chi connectivity index (χ0) is 20.6. The molecule has 9 nitrogen and oxygen atoms in total. The number of piperidine rings is 1. The molecule has 29 heavy (non-hydrogen) atoms. The Morgan fingerprint density at radius 2 is 1.45 bits per heavy atom. The average Bonchev–Trinajstić information content (AvgIpc) is 3.07. The molecule has 4 heterocycles. The monoisotopic (exact) mass is 420 g/mol. The molecule has 0 bridgehead atoms. The Morgan fingerprint density at radius 3 is 2.00 bits per heavy atom. The molecule has 2 aromatic rings. The van der Waals surface area contributed by atoms with Crippen LogP contribution in [0.15, 0.2) is 15.5 Å². The van der Waals surface area contributed by atoms with Crippen molar-refractivity contribution >= 4 is 21.7 Å². The molecular weight excluding hydrogens is 392 g/mol. The number of hydrogen-bond acceptors (Lipinski definition) is 8. The van der Waals surface area contributed by atoms with Gasteiger partial charge in [0.05, 0.1) is 0 Å². The lowest BCUT2D eigenvalue weighted by Gasteiger charge is -2.35. The molecule has 2 aliphatic heterocycles. The predicted octanol–water partition coefficient (Wildman–Crippen LogP) is 1.89. The van der Waals surface area contributed by atoms with E-state index in [1.807, 2.05) is 13.0 Å².